The van der Waals surface area contributed by atoms with Gasteiger partial charge in [0.05, 0.1) is 213 Å². The van der Waals surface area contributed by atoms with Gasteiger partial charge < -0.3 is 76.1 Å². The maximum absolute atomic E-state index is 8.98. The molecule has 108 heavy (non-hydrogen) atoms. The Bertz CT molecular complexity index is 1570. The van der Waals surface area contributed by atoms with Gasteiger partial charge in [0.25, 0.3) is 0 Å². The molecule has 0 amide bonds. The van der Waals surface area contributed by atoms with Gasteiger partial charge >= 0.3 is 0 Å². The lowest BCUT2D eigenvalue weighted by atomic mass is 9.97. The standard InChI is InChI=1S/8C10H24N.4CBNO2/c8*1-5-8-10-11(4,7-3)9-6-2;4*3-1-2(4)5/h8*5-10H2,1-4H3;;;;/q8*+1;4*-2. The number of nitrogens with zero attached hydrogens (tertiary/aromatic N) is 12. The molecule has 0 rings (SSSR count). The lowest BCUT2D eigenvalue weighted by molar-refractivity contribution is -0.908. The molecule has 8 atom stereocenters. The Hall–Kier alpha value is -2.42. The SMILES string of the molecule is CCCC[N+](C)(CC)CCC.CCCC[N+](C)(CC)CCC.CCCC[N+](C)(CC)CCC.CCCC[N+](C)(CC)CCC.CCCC[N+](C)(CC)CCC.CCCC[N+](C)(CC)CCC.CCCC[N+](C)(CC)CCC.CCCC[N+](C)(CC)CCC.N#CB([O-])[O-].N#CB([O-])[O-].N#CB([O-])[O-].N#CB([O-])[O-]. The molecule has 0 aromatic heterocycles. The summed E-state index contributed by atoms with van der Waals surface area (Å²) in [5, 5.41) is 101. The summed E-state index contributed by atoms with van der Waals surface area (Å²) in [7, 11) is 9.75. The summed E-state index contributed by atoms with van der Waals surface area (Å²) >= 11 is 0. The number of nitriles is 4. The lowest BCUT2D eigenvalue weighted by Gasteiger charge is -2.33. The van der Waals surface area contributed by atoms with Crippen molar-refractivity contribution in [2.45, 2.75) is 320 Å². The third-order valence-electron chi connectivity index (χ3n) is 21.0. The Morgan fingerprint density at radius 1 is 0.167 bits per heavy atom. The fraction of sp³-hybridized carbons (Fsp3) is 0.952. The Balaban J connectivity index is -0.0000000941. The predicted molar refractivity (Wildman–Crippen MR) is 459 cm³/mol. The number of unbranched alkanes of at least 4 members (excludes halogenated alkanes) is 8. The van der Waals surface area contributed by atoms with Crippen molar-refractivity contribution in [2.24, 2.45) is 0 Å². The molecule has 0 aromatic rings. The molecular weight excluding hydrogens is 1350 g/mol. The molecular formula is C84H192B4N12O8. The van der Waals surface area contributed by atoms with Crippen molar-refractivity contribution in [1.82, 2.24) is 0 Å². The van der Waals surface area contributed by atoms with E-state index in [1.54, 1.807) is 0 Å². The van der Waals surface area contributed by atoms with E-state index in [-0.39, 0.29) is 0 Å². The van der Waals surface area contributed by atoms with Crippen LogP contribution in [0.15, 0.2) is 0 Å². The van der Waals surface area contributed by atoms with Crippen molar-refractivity contribution in [1.29, 1.82) is 21.0 Å². The van der Waals surface area contributed by atoms with E-state index < -0.39 is 28.5 Å². The summed E-state index contributed by atoms with van der Waals surface area (Å²) in [4.78, 5) is 0. The van der Waals surface area contributed by atoms with Crippen LogP contribution >= 0.6 is 0 Å². The van der Waals surface area contributed by atoms with Gasteiger partial charge in [-0.15, -0.1) is 0 Å². The highest BCUT2D eigenvalue weighted by atomic mass is 16.4. The fourth-order valence-corrected chi connectivity index (χ4v) is 12.1. The lowest BCUT2D eigenvalue weighted by Crippen LogP contribution is -2.45. The van der Waals surface area contributed by atoms with Crippen LogP contribution in [0.5, 0.6) is 0 Å². The minimum Gasteiger partial charge on any atom is -0.881 e. The van der Waals surface area contributed by atoms with Gasteiger partial charge in [-0.2, -0.15) is 0 Å². The first-order valence-corrected chi connectivity index (χ1v) is 44.1. The average molecular weight is 1540 g/mol. The Kier molecular flexibility index (Phi) is 114. The van der Waals surface area contributed by atoms with Crippen molar-refractivity contribution in [3.8, 4) is 23.9 Å². The normalized spacial score (nSPS) is 14.4. The summed E-state index contributed by atoms with van der Waals surface area (Å²) in [5.41, 5.74) is 0. The molecule has 0 saturated carbocycles. The van der Waals surface area contributed by atoms with Gasteiger partial charge in [0, 0.05) is 28.5 Å². The first kappa shape index (κ1) is 132. The zero-order chi connectivity index (χ0) is 87.1. The molecule has 0 aliphatic heterocycles. The Labute approximate surface area is 679 Å². The zero-order valence-electron chi connectivity index (χ0n) is 78.9. The van der Waals surface area contributed by atoms with Gasteiger partial charge in [0.2, 0.25) is 0 Å². The predicted octanol–water partition coefficient (Wildman–Crippen LogP) is 10.3. The van der Waals surface area contributed by atoms with Crippen molar-refractivity contribution in [3.63, 3.8) is 0 Å². The van der Waals surface area contributed by atoms with E-state index in [1.165, 1.54) is 347 Å². The quantitative estimate of drug-likeness (QED) is 0.0406. The van der Waals surface area contributed by atoms with E-state index >= 15 is 0 Å². The molecule has 0 aliphatic rings. The van der Waals surface area contributed by atoms with Crippen LogP contribution in [-0.4, -0.2) is 278 Å². The third kappa shape index (κ3) is 106. The van der Waals surface area contributed by atoms with Crippen molar-refractivity contribution in [2.75, 3.05) is 213 Å². The van der Waals surface area contributed by atoms with E-state index in [2.05, 4.69) is 223 Å². The molecule has 0 fully saturated rings. The van der Waals surface area contributed by atoms with Crippen molar-refractivity contribution < 1.29 is 76.1 Å². The number of hydrogen-bond donors (Lipinski definition) is 0. The van der Waals surface area contributed by atoms with Crippen LogP contribution in [-0.2, 0) is 0 Å². The van der Waals surface area contributed by atoms with Crippen LogP contribution in [0.25, 0.3) is 0 Å². The number of hydrogen-bond acceptors (Lipinski definition) is 12. The summed E-state index contributed by atoms with van der Waals surface area (Å²) in [6, 6.07) is 0. The van der Waals surface area contributed by atoms with E-state index in [0.717, 1.165) is 23.9 Å². The minimum absolute atomic E-state index is 0.917. The summed E-state index contributed by atoms with van der Waals surface area (Å²) in [6.45, 7) is 86.7. The van der Waals surface area contributed by atoms with Crippen LogP contribution in [0, 0.1) is 44.9 Å². The molecule has 0 bridgehead atoms. The maximum Gasteiger partial charge on any atom is 0.0784 e. The molecule has 0 radical (unpaired) electrons. The van der Waals surface area contributed by atoms with E-state index in [1.807, 2.05) is 0 Å². The zero-order valence-corrected chi connectivity index (χ0v) is 78.9. The van der Waals surface area contributed by atoms with Crippen LogP contribution < -0.4 is 40.2 Å². The second-order valence-electron chi connectivity index (χ2n) is 31.7. The highest BCUT2D eigenvalue weighted by Gasteiger charge is 2.22. The van der Waals surface area contributed by atoms with Gasteiger partial charge in [-0.05, 0) is 182 Å². The molecule has 0 aromatic carbocycles. The first-order chi connectivity index (χ1) is 50.5. The van der Waals surface area contributed by atoms with Crippen LogP contribution in [0.2, 0.25) is 0 Å². The van der Waals surface area contributed by atoms with E-state index in [0.29, 0.717) is 0 Å². The molecule has 8 unspecified atom stereocenters. The second-order valence-corrected chi connectivity index (χ2v) is 31.7. The topological polar surface area (TPSA) is 280 Å². The molecule has 0 N–H and O–H groups in total. The number of quaternary nitrogens is 8. The Morgan fingerprint density at radius 2 is 0.241 bits per heavy atom. The van der Waals surface area contributed by atoms with Crippen molar-refractivity contribution in [3.05, 3.63) is 0 Å². The number of rotatable bonds is 48. The molecule has 0 spiro atoms. The second kappa shape index (κ2) is 93.4. The maximum atomic E-state index is 8.98. The molecule has 24 heteroatoms. The van der Waals surface area contributed by atoms with Gasteiger partial charge in [-0.1, -0.05) is 162 Å². The molecule has 0 aliphatic carbocycles. The molecule has 648 valence electrons. The van der Waals surface area contributed by atoms with Gasteiger partial charge in [-0.25, -0.2) is 21.0 Å². The largest absolute Gasteiger partial charge is 0.881 e. The monoisotopic (exact) mass is 1540 g/mol. The highest BCUT2D eigenvalue weighted by Crippen LogP contribution is 2.12. The fourth-order valence-electron chi connectivity index (χ4n) is 12.1. The molecule has 0 heterocycles. The smallest absolute Gasteiger partial charge is 0.0784 e. The average Bonchev–Trinajstić information content (AvgIpc) is 1.00. The summed E-state index contributed by atoms with van der Waals surface area (Å²) in [5.74, 6) is 3.67. The van der Waals surface area contributed by atoms with Gasteiger partial charge in [0.15, 0.2) is 0 Å². The Morgan fingerprint density at radius 3 is 0.278 bits per heavy atom. The first-order valence-electron chi connectivity index (χ1n) is 44.1. The minimum atomic E-state index is -2.31. The van der Waals surface area contributed by atoms with E-state index in [4.69, 9.17) is 61.2 Å². The van der Waals surface area contributed by atoms with Crippen molar-refractivity contribution >= 4 is 28.5 Å². The van der Waals surface area contributed by atoms with E-state index in [9.17, 15) is 0 Å². The molecule has 0 saturated heterocycles. The van der Waals surface area contributed by atoms with Crippen LogP contribution in [0.4, 0.5) is 0 Å². The van der Waals surface area contributed by atoms with Crippen LogP contribution in [0.1, 0.15) is 320 Å². The summed E-state index contributed by atoms with van der Waals surface area (Å²) < 4.78 is 10.1. The van der Waals surface area contributed by atoms with Gasteiger partial charge in [-0.3, -0.25) is 0 Å². The third-order valence-corrected chi connectivity index (χ3v) is 21.0. The van der Waals surface area contributed by atoms with Gasteiger partial charge in [0.1, 0.15) is 0 Å². The summed E-state index contributed by atoms with van der Waals surface area (Å²) in [6.07, 6.45) is 32.2. The van der Waals surface area contributed by atoms with Crippen LogP contribution in [0.3, 0.4) is 0 Å². The highest BCUT2D eigenvalue weighted by molar-refractivity contribution is 6.47. The molecule has 20 nitrogen and oxygen atoms in total.